The minimum Gasteiger partial charge on any atom is -0.460 e. The van der Waals surface area contributed by atoms with Crippen molar-refractivity contribution in [2.24, 2.45) is 34.5 Å². The van der Waals surface area contributed by atoms with E-state index in [9.17, 15) is 19.5 Å². The molecule has 0 spiro atoms. The summed E-state index contributed by atoms with van der Waals surface area (Å²) in [6.45, 7) is 12.6. The van der Waals surface area contributed by atoms with E-state index in [2.05, 4.69) is 50.4 Å². The van der Waals surface area contributed by atoms with Crippen molar-refractivity contribution in [1.82, 2.24) is 15.3 Å². The number of aliphatic hydroxyl groups is 1. The Morgan fingerprint density at radius 2 is 1.74 bits per heavy atom. The number of hydrogen-bond donors (Lipinski definition) is 2. The Kier molecular flexibility index (Phi) is 11.0. The minimum atomic E-state index is -1.41. The molecule has 5 aliphatic carbocycles. The molecule has 11 rings (SSSR count). The largest absolute Gasteiger partial charge is 0.460 e. The Balaban J connectivity index is 0.878. The highest BCUT2D eigenvalue weighted by molar-refractivity contribution is 5.96. The molecule has 2 amide bonds. The summed E-state index contributed by atoms with van der Waals surface area (Å²) in [5.74, 6) is -0.805. The summed E-state index contributed by atoms with van der Waals surface area (Å²) in [7, 11) is 0. The van der Waals surface area contributed by atoms with Crippen molar-refractivity contribution in [3.05, 3.63) is 41.0 Å². The zero-order valence-electron chi connectivity index (χ0n) is 39.8. The van der Waals surface area contributed by atoms with Crippen molar-refractivity contribution in [2.45, 2.75) is 204 Å². The first-order valence-corrected chi connectivity index (χ1v) is 25.3. The highest BCUT2D eigenvalue weighted by atomic mass is 16.8. The number of rotatable bonds is 12. The van der Waals surface area contributed by atoms with Gasteiger partial charge in [-0.25, -0.2) is 0 Å². The van der Waals surface area contributed by atoms with E-state index in [0.29, 0.717) is 42.7 Å². The standard InChI is InChI=1S/C52H71N3O11/c1-48(2,3)63-40(57)19-17-34(28-56)53-45(58)37-11-8-22-54(37)47(60)51-26-38-41-42(65-52(64-41,32-13-14-32)33-15-16-33)44(51)66-55(43(51)46(59)61-38)27-30-10-7-9-29(23-30)24-31-12-18-39-50(6,62-39)21-20-36-35(31)25-49(36,4)5/h7,9-10,23-24,32-39,41-44,56H,8,11-22,25-28H2,1-6H3,(H,53,58). The molecule has 0 radical (unpaired) electrons. The van der Waals surface area contributed by atoms with Gasteiger partial charge in [0.05, 0.1) is 30.9 Å². The smallest absolute Gasteiger partial charge is 0.327 e. The van der Waals surface area contributed by atoms with Gasteiger partial charge in [0.2, 0.25) is 11.8 Å². The molecule has 5 heterocycles. The van der Waals surface area contributed by atoms with Crippen LogP contribution in [0.1, 0.15) is 143 Å². The highest BCUT2D eigenvalue weighted by Gasteiger charge is 2.79. The van der Waals surface area contributed by atoms with Crippen LogP contribution in [0.15, 0.2) is 29.8 Å². The van der Waals surface area contributed by atoms with Gasteiger partial charge in [0.15, 0.2) is 11.8 Å². The first kappa shape index (κ1) is 45.1. The molecule has 5 saturated heterocycles. The van der Waals surface area contributed by atoms with Crippen molar-refractivity contribution < 1.29 is 52.8 Å². The number of likely N-dealkylation sites (tertiary alicyclic amines) is 1. The average Bonchev–Trinajstić information content (AvgIpc) is 4.23. The molecular formula is C52H71N3O11. The SMILES string of the molecule is CC(C)(C)OC(=O)CCC(CO)NC(=O)C1CCCN1C(=O)C12CC3OC(=O)C1N(Cc1cccc(C=C4CCC5OC5(C)CCC5C4CC5(C)C)c1)OC2C1OC(C2CC2)(C2CC2)OC31. The van der Waals surface area contributed by atoms with E-state index in [1.807, 2.05) is 6.07 Å². The number of allylic oxidation sites excluding steroid dienone is 1. The molecule has 14 nitrogen and oxygen atoms in total. The number of nitrogens with one attached hydrogen (secondary N) is 1. The molecule has 10 aliphatic rings. The number of amides is 2. The molecule has 1 aromatic carbocycles. The van der Waals surface area contributed by atoms with Gasteiger partial charge < -0.3 is 39.0 Å². The molecule has 66 heavy (non-hydrogen) atoms. The number of aliphatic hydroxyl groups excluding tert-OH is 1. The van der Waals surface area contributed by atoms with E-state index in [0.717, 1.165) is 56.1 Å². The van der Waals surface area contributed by atoms with E-state index in [-0.39, 0.29) is 55.8 Å². The fraction of sp³-hybridized carbons (Fsp3) is 0.769. The van der Waals surface area contributed by atoms with Gasteiger partial charge in [0, 0.05) is 31.2 Å². The highest BCUT2D eigenvalue weighted by Crippen LogP contribution is 2.65. The number of fused-ring (bicyclic) bond motifs is 6. The number of carbonyl (C=O) groups excluding carboxylic acids is 4. The summed E-state index contributed by atoms with van der Waals surface area (Å²) in [6.07, 6.45) is 10.8. The summed E-state index contributed by atoms with van der Waals surface area (Å²) < 4.78 is 32.2. The van der Waals surface area contributed by atoms with Gasteiger partial charge in [-0.3, -0.25) is 24.0 Å². The molecule has 5 aliphatic heterocycles. The Morgan fingerprint density at radius 3 is 2.45 bits per heavy atom. The zero-order valence-corrected chi connectivity index (χ0v) is 39.8. The molecule has 2 bridgehead atoms. The normalized spacial score (nSPS) is 39.6. The molecule has 360 valence electrons. The van der Waals surface area contributed by atoms with E-state index < -0.39 is 77.2 Å². The van der Waals surface area contributed by atoms with Crippen molar-refractivity contribution in [1.29, 1.82) is 0 Å². The zero-order chi connectivity index (χ0) is 46.1. The third-order valence-electron chi connectivity index (χ3n) is 17.4. The van der Waals surface area contributed by atoms with Gasteiger partial charge in [-0.15, -0.1) is 0 Å². The van der Waals surface area contributed by atoms with Crippen molar-refractivity contribution in [3.63, 3.8) is 0 Å². The second-order valence-electron chi connectivity index (χ2n) is 23.7. The number of nitrogens with zero attached hydrogens (tertiary/aromatic N) is 2. The number of esters is 2. The number of hydroxylamine groups is 2. The monoisotopic (exact) mass is 914 g/mol. The number of benzene rings is 1. The lowest BCUT2D eigenvalue weighted by atomic mass is 9.52. The number of epoxide rings is 1. The van der Waals surface area contributed by atoms with Gasteiger partial charge in [0.1, 0.15) is 41.5 Å². The van der Waals surface area contributed by atoms with Crippen LogP contribution in [0, 0.1) is 34.5 Å². The maximum Gasteiger partial charge on any atom is 0.327 e. The Morgan fingerprint density at radius 1 is 0.985 bits per heavy atom. The fourth-order valence-corrected chi connectivity index (χ4v) is 13.8. The van der Waals surface area contributed by atoms with Crippen molar-refractivity contribution in [2.75, 3.05) is 13.2 Å². The summed E-state index contributed by atoms with van der Waals surface area (Å²) in [5.41, 5.74) is 1.78. The number of hydrogen-bond acceptors (Lipinski definition) is 12. The lowest BCUT2D eigenvalue weighted by Gasteiger charge is -2.53. The van der Waals surface area contributed by atoms with Crippen LogP contribution < -0.4 is 5.32 Å². The van der Waals surface area contributed by atoms with Crippen LogP contribution in [0.2, 0.25) is 0 Å². The predicted octanol–water partition coefficient (Wildman–Crippen LogP) is 6.15. The molecule has 12 atom stereocenters. The molecular weight excluding hydrogens is 843 g/mol. The average molecular weight is 914 g/mol. The molecule has 5 saturated carbocycles. The number of ether oxygens (including phenoxy) is 5. The first-order valence-electron chi connectivity index (χ1n) is 25.3. The lowest BCUT2D eigenvalue weighted by molar-refractivity contribution is -0.235. The molecule has 12 unspecified atom stereocenters. The molecule has 2 N–H and O–H groups in total. The quantitative estimate of drug-likeness (QED) is 0.182. The third-order valence-corrected chi connectivity index (χ3v) is 17.4. The topological polar surface area (TPSA) is 166 Å². The van der Waals surface area contributed by atoms with E-state index in [1.165, 1.54) is 18.4 Å². The maximum absolute atomic E-state index is 15.7. The van der Waals surface area contributed by atoms with Gasteiger partial charge in [-0.1, -0.05) is 49.8 Å². The summed E-state index contributed by atoms with van der Waals surface area (Å²) in [5, 5.41) is 14.9. The van der Waals surface area contributed by atoms with Crippen LogP contribution in [0.5, 0.6) is 0 Å². The van der Waals surface area contributed by atoms with Crippen LogP contribution in [0.25, 0.3) is 6.08 Å². The second-order valence-corrected chi connectivity index (χ2v) is 23.7. The molecule has 1 aromatic rings. The minimum absolute atomic E-state index is 0.0139. The maximum atomic E-state index is 15.7. The Hall–Kier alpha value is -3.40. The van der Waals surface area contributed by atoms with Gasteiger partial charge in [-0.2, -0.15) is 5.06 Å². The van der Waals surface area contributed by atoms with Crippen molar-refractivity contribution in [3.8, 4) is 0 Å². The molecule has 0 aromatic heterocycles. The Bertz CT molecular complexity index is 2150. The predicted molar refractivity (Wildman–Crippen MR) is 239 cm³/mol. The van der Waals surface area contributed by atoms with Crippen molar-refractivity contribution >= 4 is 29.8 Å². The van der Waals surface area contributed by atoms with Crippen LogP contribution in [-0.4, -0.2) is 118 Å². The fourth-order valence-electron chi connectivity index (χ4n) is 13.8. The van der Waals surface area contributed by atoms with E-state index >= 15 is 4.79 Å². The van der Waals surface area contributed by atoms with Crippen LogP contribution in [0.4, 0.5) is 0 Å². The first-order chi connectivity index (χ1) is 31.4. The van der Waals surface area contributed by atoms with Gasteiger partial charge >= 0.3 is 11.9 Å². The lowest BCUT2D eigenvalue weighted by Crippen LogP contribution is -2.70. The van der Waals surface area contributed by atoms with E-state index in [1.54, 1.807) is 30.7 Å². The summed E-state index contributed by atoms with van der Waals surface area (Å²) in [6, 6.07) is 5.79. The summed E-state index contributed by atoms with van der Waals surface area (Å²) in [4.78, 5) is 65.7. The Labute approximate surface area is 389 Å². The van der Waals surface area contributed by atoms with Crippen LogP contribution in [-0.2, 0) is 54.2 Å². The number of carbonyl (C=O) groups is 4. The van der Waals surface area contributed by atoms with Crippen LogP contribution in [0.3, 0.4) is 0 Å². The van der Waals surface area contributed by atoms with Gasteiger partial charge in [0.25, 0.3) is 0 Å². The van der Waals surface area contributed by atoms with Crippen LogP contribution >= 0.6 is 0 Å². The molecule has 14 heteroatoms. The second kappa shape index (κ2) is 16.1. The van der Waals surface area contributed by atoms with Gasteiger partial charge in [-0.05, 0) is 133 Å². The third kappa shape index (κ3) is 7.76. The summed E-state index contributed by atoms with van der Waals surface area (Å²) >= 11 is 0. The van der Waals surface area contributed by atoms with E-state index in [4.69, 9.17) is 28.5 Å². The molecule has 10 fully saturated rings.